The molecule has 2 aromatic rings. The highest BCUT2D eigenvalue weighted by atomic mass is 32.1. The number of nitrogens with one attached hydrogen (secondary N) is 1. The van der Waals surface area contributed by atoms with Gasteiger partial charge in [-0.1, -0.05) is 6.07 Å². The van der Waals surface area contributed by atoms with Gasteiger partial charge in [-0.2, -0.15) is 25.8 Å². The lowest BCUT2D eigenvalue weighted by Gasteiger charge is -2.12. The van der Waals surface area contributed by atoms with E-state index in [0.29, 0.717) is 23.8 Å². The molecule has 0 aromatic heterocycles. The molecule has 0 bridgehead atoms. The van der Waals surface area contributed by atoms with Crippen molar-refractivity contribution in [1.82, 2.24) is 0 Å². The van der Waals surface area contributed by atoms with Crippen LogP contribution in [0.3, 0.4) is 0 Å². The first-order valence-corrected chi connectivity index (χ1v) is 8.68. The van der Waals surface area contributed by atoms with Crippen molar-refractivity contribution >= 4 is 30.3 Å². The van der Waals surface area contributed by atoms with Gasteiger partial charge >= 0.3 is 18.1 Å². The fourth-order valence-electron chi connectivity index (χ4n) is 1.78. The minimum Gasteiger partial charge on any atom is -0.478 e. The highest BCUT2D eigenvalue weighted by Crippen LogP contribution is 2.24. The fourth-order valence-corrected chi connectivity index (χ4v) is 1.91. The number of alkyl halides is 3. The number of hydrogen-bond acceptors (Lipinski definition) is 6. The van der Waals surface area contributed by atoms with Crippen LogP contribution in [0, 0.1) is 0 Å². The third-order valence-electron chi connectivity index (χ3n) is 3.22. The van der Waals surface area contributed by atoms with E-state index in [2.05, 4.69) is 17.9 Å². The lowest BCUT2D eigenvalue weighted by atomic mass is 10.2. The summed E-state index contributed by atoms with van der Waals surface area (Å²) in [6.07, 6.45) is -5.08. The van der Waals surface area contributed by atoms with Crippen molar-refractivity contribution in [2.24, 2.45) is 5.73 Å². The van der Waals surface area contributed by atoms with E-state index in [4.69, 9.17) is 25.5 Å². The lowest BCUT2D eigenvalue weighted by Crippen LogP contribution is -2.30. The maximum absolute atomic E-state index is 10.8. The molecule has 7 nitrogen and oxygen atoms in total. The van der Waals surface area contributed by atoms with Crippen LogP contribution in [-0.4, -0.2) is 46.7 Å². The number of anilines is 1. The first kappa shape index (κ1) is 24.1. The number of ether oxygens (including phenoxy) is 1. The van der Waals surface area contributed by atoms with Gasteiger partial charge in [-0.05, 0) is 36.4 Å². The van der Waals surface area contributed by atoms with Gasteiger partial charge in [0.15, 0.2) is 0 Å². The van der Waals surface area contributed by atoms with Crippen molar-refractivity contribution in [1.29, 1.82) is 0 Å². The summed E-state index contributed by atoms with van der Waals surface area (Å²) in [7, 11) is 0. The topological polar surface area (TPSA) is 122 Å². The van der Waals surface area contributed by atoms with Crippen LogP contribution in [0.25, 0.3) is 0 Å². The Morgan fingerprint density at radius 1 is 1.10 bits per heavy atom. The van der Waals surface area contributed by atoms with Crippen LogP contribution in [0.2, 0.25) is 0 Å². The molecule has 11 heteroatoms. The zero-order valence-corrected chi connectivity index (χ0v) is 15.8. The van der Waals surface area contributed by atoms with E-state index in [1.54, 1.807) is 12.1 Å². The van der Waals surface area contributed by atoms with Gasteiger partial charge in [-0.25, -0.2) is 9.59 Å². The summed E-state index contributed by atoms with van der Waals surface area (Å²) in [5, 5.41) is 19.2. The Morgan fingerprint density at radius 2 is 1.69 bits per heavy atom. The molecule has 0 fully saturated rings. The Bertz CT molecular complexity index is 816. The number of benzene rings is 2. The Balaban J connectivity index is 0.000000516. The van der Waals surface area contributed by atoms with Gasteiger partial charge in [0.2, 0.25) is 0 Å². The molecule has 0 amide bonds. The summed E-state index contributed by atoms with van der Waals surface area (Å²) < 4.78 is 37.4. The highest BCUT2D eigenvalue weighted by Gasteiger charge is 2.38. The van der Waals surface area contributed by atoms with Crippen LogP contribution in [0.5, 0.6) is 11.5 Å². The van der Waals surface area contributed by atoms with Gasteiger partial charge in [0.1, 0.15) is 11.5 Å². The zero-order chi connectivity index (χ0) is 22.0. The number of carboxylic acid groups (broad SMARTS) is 2. The number of carboxylic acids is 2. The van der Waals surface area contributed by atoms with Crippen molar-refractivity contribution in [3.05, 3.63) is 54.1 Å². The number of aromatic carboxylic acids is 1. The van der Waals surface area contributed by atoms with Crippen LogP contribution in [0.4, 0.5) is 18.9 Å². The molecule has 0 saturated carbocycles. The van der Waals surface area contributed by atoms with Crippen molar-refractivity contribution < 1.29 is 37.7 Å². The van der Waals surface area contributed by atoms with Gasteiger partial charge < -0.3 is 26.0 Å². The summed E-state index contributed by atoms with van der Waals surface area (Å²) in [6, 6.07) is 13.7. The van der Waals surface area contributed by atoms with E-state index in [1.807, 2.05) is 24.3 Å². The maximum atomic E-state index is 10.8. The number of hydrogen-bond donors (Lipinski definition) is 5. The van der Waals surface area contributed by atoms with Crippen molar-refractivity contribution in [2.45, 2.75) is 12.2 Å². The number of nitrogens with two attached hydrogens (primary N) is 1. The van der Waals surface area contributed by atoms with Crippen molar-refractivity contribution in [2.75, 3.05) is 17.6 Å². The molecule has 2 aromatic carbocycles. The van der Waals surface area contributed by atoms with E-state index in [-0.39, 0.29) is 11.6 Å². The molecule has 1 atom stereocenters. The van der Waals surface area contributed by atoms with Gasteiger partial charge in [0, 0.05) is 30.1 Å². The second-order valence-corrected chi connectivity index (χ2v) is 5.95. The summed E-state index contributed by atoms with van der Waals surface area (Å²) in [6.45, 7) is 0.625. The molecule has 29 heavy (non-hydrogen) atoms. The molecule has 0 unspecified atom stereocenters. The predicted octanol–water partition coefficient (Wildman–Crippen LogP) is 3.48. The Hall–Kier alpha value is -2.92. The number of carbonyl (C=O) groups is 2. The molecule has 0 saturated heterocycles. The molecular formula is C18H19F3N2O5S. The van der Waals surface area contributed by atoms with E-state index < -0.39 is 18.1 Å². The average molecular weight is 432 g/mol. The third-order valence-corrected chi connectivity index (χ3v) is 3.69. The molecule has 0 aliphatic carbocycles. The molecule has 5 N–H and O–H groups in total. The summed E-state index contributed by atoms with van der Waals surface area (Å²) in [4.78, 5) is 19.7. The highest BCUT2D eigenvalue weighted by molar-refractivity contribution is 7.80. The van der Waals surface area contributed by atoms with Crippen molar-refractivity contribution in [3.63, 3.8) is 0 Å². The Labute approximate surface area is 169 Å². The number of thiol groups is 1. The molecule has 0 spiro atoms. The zero-order valence-electron chi connectivity index (χ0n) is 14.9. The van der Waals surface area contributed by atoms with Crippen LogP contribution < -0.4 is 15.8 Å². The normalized spacial score (nSPS) is 11.6. The molecule has 0 aliphatic heterocycles. The minimum absolute atomic E-state index is 0.0172. The third kappa shape index (κ3) is 9.21. The quantitative estimate of drug-likeness (QED) is 0.425. The lowest BCUT2D eigenvalue weighted by molar-refractivity contribution is -0.192. The minimum atomic E-state index is -5.08. The van der Waals surface area contributed by atoms with Crippen molar-refractivity contribution in [3.8, 4) is 11.5 Å². The van der Waals surface area contributed by atoms with E-state index in [0.717, 1.165) is 5.69 Å². The van der Waals surface area contributed by atoms with E-state index >= 15 is 0 Å². The standard InChI is InChI=1S/C16H18N2O3S.C2HF3O2/c17-12(10-22)9-18-13-2-1-3-15(8-13)21-14-6-4-11(5-7-14)16(19)20;3-2(4,5)1(6)7/h1-8,12,18,22H,9-10,17H2,(H,19,20);(H,6,7)/t12-;/m1./s1. The smallest absolute Gasteiger partial charge is 0.478 e. The molecular weight excluding hydrogens is 413 g/mol. The summed E-state index contributed by atoms with van der Waals surface area (Å²) in [5.74, 6) is -1.87. The number of halogens is 3. The molecule has 2 rings (SSSR count). The van der Waals surface area contributed by atoms with Crippen LogP contribution in [0.1, 0.15) is 10.4 Å². The fraction of sp³-hybridized carbons (Fsp3) is 0.222. The number of aliphatic carboxylic acids is 1. The van der Waals surface area contributed by atoms with Crippen LogP contribution >= 0.6 is 12.6 Å². The SMILES string of the molecule is N[C@@H](CS)CNc1cccc(Oc2ccc(C(=O)O)cc2)c1.O=C(O)C(F)(F)F. The summed E-state index contributed by atoms with van der Waals surface area (Å²) >= 11 is 4.14. The number of rotatable bonds is 7. The van der Waals surface area contributed by atoms with E-state index in [1.165, 1.54) is 12.1 Å². The van der Waals surface area contributed by atoms with Gasteiger partial charge in [0.25, 0.3) is 0 Å². The van der Waals surface area contributed by atoms with Gasteiger partial charge in [0.05, 0.1) is 5.56 Å². The Kier molecular flexibility index (Phi) is 9.29. The predicted molar refractivity (Wildman–Crippen MR) is 104 cm³/mol. The Morgan fingerprint density at radius 3 is 2.17 bits per heavy atom. The molecule has 0 radical (unpaired) electrons. The summed E-state index contributed by atoms with van der Waals surface area (Å²) in [5.41, 5.74) is 6.93. The molecule has 0 heterocycles. The second-order valence-electron chi connectivity index (χ2n) is 5.59. The second kappa shape index (κ2) is 11.2. The van der Waals surface area contributed by atoms with Crippen LogP contribution in [-0.2, 0) is 4.79 Å². The monoisotopic (exact) mass is 432 g/mol. The van der Waals surface area contributed by atoms with Gasteiger partial charge in [-0.3, -0.25) is 0 Å². The first-order chi connectivity index (χ1) is 13.5. The average Bonchev–Trinajstić information content (AvgIpc) is 2.66. The first-order valence-electron chi connectivity index (χ1n) is 8.04. The van der Waals surface area contributed by atoms with E-state index in [9.17, 15) is 18.0 Å². The maximum Gasteiger partial charge on any atom is 0.490 e. The molecule has 158 valence electrons. The van der Waals surface area contributed by atoms with Gasteiger partial charge in [-0.15, -0.1) is 0 Å². The largest absolute Gasteiger partial charge is 0.490 e. The van der Waals surface area contributed by atoms with Crippen LogP contribution in [0.15, 0.2) is 48.5 Å². The molecule has 0 aliphatic rings.